The van der Waals surface area contributed by atoms with Crippen LogP contribution in [0.1, 0.15) is 43.1 Å². The van der Waals surface area contributed by atoms with E-state index in [1.165, 1.54) is 42.7 Å². The molecule has 0 bridgehead atoms. The number of ether oxygens (including phenoxy) is 1. The van der Waals surface area contributed by atoms with E-state index in [2.05, 4.69) is 15.6 Å². The number of sulfonamides is 1. The van der Waals surface area contributed by atoms with Gasteiger partial charge in [-0.2, -0.15) is 4.31 Å². The topological polar surface area (TPSA) is 192 Å². The third-order valence-electron chi connectivity index (χ3n) is 7.33. The van der Waals surface area contributed by atoms with Gasteiger partial charge in [0.15, 0.2) is 0 Å². The Morgan fingerprint density at radius 1 is 1.00 bits per heavy atom. The number of benzene rings is 2. The van der Waals surface area contributed by atoms with E-state index in [-0.39, 0.29) is 32.1 Å². The highest BCUT2D eigenvalue weighted by atomic mass is 35.5. The van der Waals surface area contributed by atoms with Gasteiger partial charge in [-0.3, -0.25) is 14.6 Å². The monoisotopic (exact) mass is 774 g/mol. The van der Waals surface area contributed by atoms with Crippen molar-refractivity contribution in [3.8, 4) is 0 Å². The number of carbonyl (C=O) groups excluding carboxylic acids is 2. The first-order valence-corrected chi connectivity index (χ1v) is 17.3. The number of amides is 2. The lowest BCUT2D eigenvalue weighted by molar-refractivity contribution is -0.156. The van der Waals surface area contributed by atoms with Crippen LogP contribution in [0.3, 0.4) is 0 Å². The van der Waals surface area contributed by atoms with Gasteiger partial charge in [0.25, 0.3) is 11.8 Å². The highest BCUT2D eigenvalue weighted by molar-refractivity contribution is 7.89. The summed E-state index contributed by atoms with van der Waals surface area (Å²) in [5.41, 5.74) is -3.01. The van der Waals surface area contributed by atoms with Gasteiger partial charge < -0.3 is 25.6 Å². The molecule has 49 heavy (non-hydrogen) atoms. The molecule has 3 atom stereocenters. The van der Waals surface area contributed by atoms with Gasteiger partial charge in [-0.15, -0.1) is 0 Å². The predicted molar refractivity (Wildman–Crippen MR) is 182 cm³/mol. The van der Waals surface area contributed by atoms with Crippen molar-refractivity contribution < 1.29 is 42.5 Å². The molecule has 262 valence electrons. The molecule has 4 rings (SSSR count). The molecule has 1 aromatic heterocycles. The summed E-state index contributed by atoms with van der Waals surface area (Å²) in [7, 11) is -4.78. The maximum Gasteiger partial charge on any atom is 0.335 e. The van der Waals surface area contributed by atoms with Crippen molar-refractivity contribution in [3.05, 3.63) is 86.1 Å². The normalized spacial score (nSPS) is 18.9. The minimum atomic E-state index is -4.78. The van der Waals surface area contributed by atoms with Crippen molar-refractivity contribution in [1.82, 2.24) is 14.6 Å². The van der Waals surface area contributed by atoms with Crippen LogP contribution >= 0.6 is 46.4 Å². The van der Waals surface area contributed by atoms with E-state index in [0.29, 0.717) is 15.6 Å². The largest absolute Gasteiger partial charge is 0.480 e. The van der Waals surface area contributed by atoms with Crippen LogP contribution < -0.4 is 10.6 Å². The van der Waals surface area contributed by atoms with E-state index in [9.17, 15) is 37.8 Å². The Labute approximate surface area is 301 Å². The summed E-state index contributed by atoms with van der Waals surface area (Å²) < 4.78 is 34.3. The molecule has 0 aliphatic carbocycles. The third-order valence-corrected chi connectivity index (χ3v) is 10.2. The number of carbonyl (C=O) groups is 4. The van der Waals surface area contributed by atoms with Gasteiger partial charge in [-0.05, 0) is 56.7 Å². The van der Waals surface area contributed by atoms with Gasteiger partial charge in [0.2, 0.25) is 15.6 Å². The van der Waals surface area contributed by atoms with E-state index in [4.69, 9.17) is 51.1 Å². The van der Waals surface area contributed by atoms with Crippen LogP contribution in [0.15, 0.2) is 59.8 Å². The Morgan fingerprint density at radius 3 is 2.08 bits per heavy atom. The van der Waals surface area contributed by atoms with Gasteiger partial charge in [0.05, 0.1) is 32.2 Å². The molecular weight excluding hydrogens is 746 g/mol. The maximum absolute atomic E-state index is 14.0. The highest BCUT2D eigenvalue weighted by Gasteiger charge is 2.63. The zero-order valence-corrected chi connectivity index (χ0v) is 29.9. The number of nitrogens with zero attached hydrogens (tertiary/aromatic N) is 2. The molecule has 18 heteroatoms. The number of hydrogen-bond acceptors (Lipinski definition) is 8. The molecule has 2 amide bonds. The zero-order valence-electron chi connectivity index (χ0n) is 26.0. The molecule has 2 heterocycles. The number of rotatable bonds is 11. The Morgan fingerprint density at radius 2 is 1.57 bits per heavy atom. The highest BCUT2D eigenvalue weighted by Crippen LogP contribution is 2.39. The number of hydrogen-bond donors (Lipinski definition) is 4. The minimum Gasteiger partial charge on any atom is -0.480 e. The molecule has 1 aliphatic heterocycles. The zero-order chi connectivity index (χ0) is 36.5. The summed E-state index contributed by atoms with van der Waals surface area (Å²) in [6.07, 6.45) is 0.460. The van der Waals surface area contributed by atoms with Crippen LogP contribution in [-0.4, -0.2) is 81.5 Å². The van der Waals surface area contributed by atoms with E-state index < -0.39 is 74.9 Å². The average Bonchev–Trinajstić information content (AvgIpc) is 3.37. The fourth-order valence-electron chi connectivity index (χ4n) is 5.28. The Kier molecular flexibility index (Phi) is 11.5. The number of pyridine rings is 1. The summed E-state index contributed by atoms with van der Waals surface area (Å²) >= 11 is 24.2. The summed E-state index contributed by atoms with van der Waals surface area (Å²) in [6, 6.07) is 7.56. The number of carboxylic acid groups (broad SMARTS) is 2. The van der Waals surface area contributed by atoms with Crippen LogP contribution in [0.2, 0.25) is 20.1 Å². The molecule has 0 saturated carbocycles. The van der Waals surface area contributed by atoms with Gasteiger partial charge in [0, 0.05) is 47.5 Å². The van der Waals surface area contributed by atoms with Gasteiger partial charge in [0.1, 0.15) is 6.04 Å². The standard InChI is InChI=1S/C31H30Cl4N4O9S/c1-30(2,3)48-20-12-31(29(44)45,39(15-20)49(46,47)21-10-17(32)9-18(33)11-21)28(43)38-24(27(41)42)8-16-4-6-19(7-5-16)37-26(40)25-22(34)13-36-14-23(25)35/h4-7,9-11,13-14,20,24H,8,12,15H2,1-3H3,(H,37,40)(H,38,43)(H,41,42)(H,44,45)/t20-,24+,31?/m1/s1. The Hall–Kier alpha value is -3.50. The summed E-state index contributed by atoms with van der Waals surface area (Å²) in [5.74, 6) is -5.38. The lowest BCUT2D eigenvalue weighted by Gasteiger charge is -2.33. The van der Waals surface area contributed by atoms with E-state index >= 15 is 0 Å². The second kappa shape index (κ2) is 14.8. The Bertz CT molecular complexity index is 1870. The molecule has 1 saturated heterocycles. The second-order valence-corrected chi connectivity index (χ2v) is 15.6. The van der Waals surface area contributed by atoms with E-state index in [1.807, 2.05) is 0 Å². The van der Waals surface area contributed by atoms with Crippen LogP contribution in [0, 0.1) is 0 Å². The van der Waals surface area contributed by atoms with Crippen molar-refractivity contribution in [2.24, 2.45) is 0 Å². The first-order chi connectivity index (χ1) is 22.7. The number of anilines is 1. The van der Waals surface area contributed by atoms with Crippen molar-refractivity contribution in [3.63, 3.8) is 0 Å². The van der Waals surface area contributed by atoms with Crippen molar-refractivity contribution in [1.29, 1.82) is 0 Å². The lowest BCUT2D eigenvalue weighted by atomic mass is 9.94. The van der Waals surface area contributed by atoms with Gasteiger partial charge in [-0.25, -0.2) is 18.0 Å². The fraction of sp³-hybridized carbons (Fsp3) is 0.323. The lowest BCUT2D eigenvalue weighted by Crippen LogP contribution is -2.64. The molecule has 1 aliphatic rings. The number of halogens is 4. The molecule has 0 radical (unpaired) electrons. The third kappa shape index (κ3) is 8.63. The maximum atomic E-state index is 14.0. The van der Waals surface area contributed by atoms with Crippen molar-refractivity contribution in [2.75, 3.05) is 11.9 Å². The SMILES string of the molecule is CC(C)(C)O[C@H]1CN(S(=O)(=O)c2cc(Cl)cc(Cl)c2)C(C(=O)O)(C(=O)N[C@@H](Cc2ccc(NC(=O)c3c(Cl)cncc3Cl)cc2)C(=O)O)C1. The molecule has 13 nitrogen and oxygen atoms in total. The van der Waals surface area contributed by atoms with Gasteiger partial charge in [-0.1, -0.05) is 58.5 Å². The summed E-state index contributed by atoms with van der Waals surface area (Å²) in [6.45, 7) is 4.46. The first kappa shape index (κ1) is 38.3. The van der Waals surface area contributed by atoms with Gasteiger partial charge >= 0.3 is 11.9 Å². The second-order valence-electron chi connectivity index (χ2n) is 12.1. The Balaban J connectivity index is 1.62. The van der Waals surface area contributed by atoms with Crippen LogP contribution in [0.5, 0.6) is 0 Å². The summed E-state index contributed by atoms with van der Waals surface area (Å²) in [5, 5.41) is 25.3. The minimum absolute atomic E-state index is 0.00000692. The molecule has 3 aromatic rings. The van der Waals surface area contributed by atoms with Crippen molar-refractivity contribution >= 4 is 85.9 Å². The average molecular weight is 776 g/mol. The van der Waals surface area contributed by atoms with Crippen LogP contribution in [0.25, 0.3) is 0 Å². The van der Waals surface area contributed by atoms with Crippen molar-refractivity contribution in [2.45, 2.75) is 61.8 Å². The number of carboxylic acids is 2. The first-order valence-electron chi connectivity index (χ1n) is 14.4. The quantitative estimate of drug-likeness (QED) is 0.189. The fourth-order valence-corrected chi connectivity index (χ4v) is 8.29. The molecule has 1 unspecified atom stereocenters. The molecule has 0 spiro atoms. The van der Waals surface area contributed by atoms with E-state index in [0.717, 1.165) is 12.1 Å². The van der Waals surface area contributed by atoms with Crippen LogP contribution in [-0.2, 0) is 35.6 Å². The number of aromatic nitrogens is 1. The molecule has 2 aromatic carbocycles. The molecule has 1 fully saturated rings. The predicted octanol–water partition coefficient (Wildman–Crippen LogP) is 5.16. The molecule has 4 N–H and O–H groups in total. The summed E-state index contributed by atoms with van der Waals surface area (Å²) in [4.78, 5) is 55.4. The number of nitrogens with one attached hydrogen (secondary N) is 2. The molecular formula is C31H30Cl4N4O9S. The van der Waals surface area contributed by atoms with E-state index in [1.54, 1.807) is 20.8 Å². The van der Waals surface area contributed by atoms with Crippen LogP contribution in [0.4, 0.5) is 5.69 Å². The number of aliphatic carboxylic acids is 2. The smallest absolute Gasteiger partial charge is 0.335 e.